The summed E-state index contributed by atoms with van der Waals surface area (Å²) in [6.45, 7) is -0.265. The quantitative estimate of drug-likeness (QED) is 0.348. The molecule has 0 saturated carbocycles. The van der Waals surface area contributed by atoms with Crippen LogP contribution in [0.15, 0.2) is 11.1 Å². The molecule has 3 heterocycles. The van der Waals surface area contributed by atoms with Gasteiger partial charge in [-0.2, -0.15) is 0 Å². The second kappa shape index (κ2) is 5.87. The summed E-state index contributed by atoms with van der Waals surface area (Å²) in [5, 5.41) is 18.9. The molecule has 0 amide bonds. The van der Waals surface area contributed by atoms with Gasteiger partial charge in [0.05, 0.1) is 19.8 Å². The summed E-state index contributed by atoms with van der Waals surface area (Å²) >= 11 is 0. The van der Waals surface area contributed by atoms with Crippen LogP contribution in [-0.4, -0.2) is 43.6 Å². The molecule has 2 aromatic rings. The zero-order valence-electron chi connectivity index (χ0n) is 11.3. The molecule has 21 heavy (non-hydrogen) atoms. The van der Waals surface area contributed by atoms with Crippen molar-refractivity contribution in [1.29, 1.82) is 0 Å². The van der Waals surface area contributed by atoms with Crippen molar-refractivity contribution < 1.29 is 19.5 Å². The van der Waals surface area contributed by atoms with Crippen LogP contribution in [0.4, 0.5) is 5.95 Å². The average molecular weight is 410 g/mol. The van der Waals surface area contributed by atoms with Crippen molar-refractivity contribution in [1.82, 2.24) is 14.5 Å². The van der Waals surface area contributed by atoms with Crippen molar-refractivity contribution in [3.8, 4) is 0 Å². The average Bonchev–Trinajstić information content (AvgIpc) is 2.90. The van der Waals surface area contributed by atoms with Crippen LogP contribution in [0.25, 0.3) is 11.2 Å². The van der Waals surface area contributed by atoms with Gasteiger partial charge in [0.15, 0.2) is 12.6 Å². The van der Waals surface area contributed by atoms with Crippen LogP contribution in [0, 0.1) is 0 Å². The van der Waals surface area contributed by atoms with E-state index in [0.29, 0.717) is 17.6 Å². The Kier molecular flexibility index (Phi) is 4.51. The summed E-state index contributed by atoms with van der Waals surface area (Å²) in [4.78, 5) is 18.4. The number of nitrogen functional groups attached to an aromatic ring is 1. The lowest BCUT2D eigenvalue weighted by Crippen LogP contribution is -2.39. The molecule has 3 atom stereocenters. The van der Waals surface area contributed by atoms with Crippen molar-refractivity contribution in [2.75, 3.05) is 12.3 Å². The number of hydrogen-bond donors (Lipinski definition) is 4. The maximum Gasteiger partial charge on any atom is 0.313 e. The maximum atomic E-state index is 11.9. The van der Waals surface area contributed by atoms with Gasteiger partial charge in [0.2, 0.25) is 5.52 Å². The minimum Gasteiger partial charge on any atom is -0.394 e. The fraction of sp³-hybridized carbons (Fsp3) is 0.545. The first kappa shape index (κ1) is 16.1. The Hall–Kier alpha value is -1.24. The number of aliphatic hydroxyl groups excluding tert-OH is 2. The highest BCUT2D eigenvalue weighted by Gasteiger charge is 2.38. The predicted molar refractivity (Wildman–Crippen MR) is 83.0 cm³/mol. The van der Waals surface area contributed by atoms with E-state index in [1.54, 1.807) is 22.5 Å². The number of halogens is 1. The Balaban J connectivity index is 0.00000161. The highest BCUT2D eigenvalue weighted by molar-refractivity contribution is 14.0. The largest absolute Gasteiger partial charge is 0.394 e. The molecule has 3 rings (SSSR count). The number of H-pyrrole nitrogens is 1. The molecule has 1 fully saturated rings. The van der Waals surface area contributed by atoms with Crippen LogP contribution in [0.3, 0.4) is 0 Å². The Morgan fingerprint density at radius 3 is 3.00 bits per heavy atom. The summed E-state index contributed by atoms with van der Waals surface area (Å²) in [7, 11) is 1.71. The number of aryl methyl sites for hydroxylation is 1. The molecule has 2 aromatic heterocycles. The van der Waals surface area contributed by atoms with Gasteiger partial charge in [0.1, 0.15) is 6.10 Å². The number of aromatic nitrogens is 4. The molecule has 9 nitrogen and oxygen atoms in total. The van der Waals surface area contributed by atoms with Gasteiger partial charge in [0, 0.05) is 6.42 Å². The summed E-state index contributed by atoms with van der Waals surface area (Å²) in [6, 6.07) is 0. The van der Waals surface area contributed by atoms with E-state index in [1.165, 1.54) is 0 Å². The van der Waals surface area contributed by atoms with Crippen molar-refractivity contribution in [3.05, 3.63) is 16.7 Å². The van der Waals surface area contributed by atoms with Gasteiger partial charge in [-0.25, -0.2) is 4.57 Å². The first-order valence-electron chi connectivity index (χ1n) is 6.21. The zero-order chi connectivity index (χ0) is 14.4. The third-order valence-corrected chi connectivity index (χ3v) is 3.48. The van der Waals surface area contributed by atoms with E-state index < -0.39 is 18.4 Å². The fourth-order valence-corrected chi connectivity index (χ4v) is 2.53. The molecular formula is C11H17IN5O4+. The van der Waals surface area contributed by atoms with Gasteiger partial charge < -0.3 is 20.7 Å². The molecule has 0 aliphatic carbocycles. The monoisotopic (exact) mass is 410 g/mol. The molecule has 1 aliphatic rings. The lowest BCUT2D eigenvalue weighted by atomic mass is 10.2. The van der Waals surface area contributed by atoms with Gasteiger partial charge in [-0.05, 0) is 0 Å². The SMILES string of the molecule is Cn1c[n+]([C@H]2C[C@H](O)[C@@H](CO)O2)c2nc(N)[nH]c(=O)c21.I. The van der Waals surface area contributed by atoms with Crippen LogP contribution in [0.5, 0.6) is 0 Å². The molecule has 1 aliphatic heterocycles. The molecule has 10 heteroatoms. The lowest BCUT2D eigenvalue weighted by Gasteiger charge is -2.10. The summed E-state index contributed by atoms with van der Waals surface area (Å²) in [5.74, 6) is 0.0136. The number of rotatable bonds is 2. The fourth-order valence-electron chi connectivity index (χ4n) is 2.53. The molecular weight excluding hydrogens is 393 g/mol. The van der Waals surface area contributed by atoms with E-state index >= 15 is 0 Å². The number of anilines is 1. The van der Waals surface area contributed by atoms with E-state index in [1.807, 2.05) is 0 Å². The molecule has 0 bridgehead atoms. The number of hydrogen-bond acceptors (Lipinski definition) is 6. The van der Waals surface area contributed by atoms with E-state index in [9.17, 15) is 9.90 Å². The van der Waals surface area contributed by atoms with Crippen molar-refractivity contribution in [2.24, 2.45) is 7.05 Å². The number of nitrogens with one attached hydrogen (secondary N) is 1. The Morgan fingerprint density at radius 1 is 1.67 bits per heavy atom. The van der Waals surface area contributed by atoms with E-state index in [2.05, 4.69) is 9.97 Å². The Morgan fingerprint density at radius 2 is 2.38 bits per heavy atom. The molecule has 0 radical (unpaired) electrons. The first-order valence-corrected chi connectivity index (χ1v) is 6.21. The topological polar surface area (TPSA) is 130 Å². The van der Waals surface area contributed by atoms with Crippen LogP contribution in [-0.2, 0) is 11.8 Å². The van der Waals surface area contributed by atoms with Gasteiger partial charge in [0.25, 0.3) is 11.5 Å². The summed E-state index contributed by atoms with van der Waals surface area (Å²) < 4.78 is 8.82. The van der Waals surface area contributed by atoms with Crippen molar-refractivity contribution in [3.63, 3.8) is 0 Å². The van der Waals surface area contributed by atoms with Crippen molar-refractivity contribution in [2.45, 2.75) is 24.9 Å². The maximum absolute atomic E-state index is 11.9. The predicted octanol–water partition coefficient (Wildman–Crippen LogP) is -1.61. The number of aromatic amines is 1. The van der Waals surface area contributed by atoms with Crippen LogP contribution in [0.2, 0.25) is 0 Å². The summed E-state index contributed by atoms with van der Waals surface area (Å²) in [5.41, 5.74) is 5.97. The number of ether oxygens (including phenoxy) is 1. The second-order valence-corrected chi connectivity index (χ2v) is 4.87. The molecule has 5 N–H and O–H groups in total. The Bertz CT molecular complexity index is 714. The number of nitrogens with zero attached hydrogens (tertiary/aromatic N) is 3. The number of imidazole rings is 1. The molecule has 1 saturated heterocycles. The van der Waals surface area contributed by atoms with Crippen LogP contribution >= 0.6 is 24.0 Å². The van der Waals surface area contributed by atoms with Crippen LogP contribution < -0.4 is 15.9 Å². The van der Waals surface area contributed by atoms with E-state index in [-0.39, 0.29) is 42.1 Å². The third kappa shape index (κ3) is 2.63. The van der Waals surface area contributed by atoms with Crippen molar-refractivity contribution >= 4 is 41.1 Å². The highest BCUT2D eigenvalue weighted by Crippen LogP contribution is 2.25. The first-order chi connectivity index (χ1) is 9.51. The lowest BCUT2D eigenvalue weighted by molar-refractivity contribution is -0.739. The van der Waals surface area contributed by atoms with Gasteiger partial charge in [-0.1, -0.05) is 4.98 Å². The number of aliphatic hydroxyl groups is 2. The molecule has 0 aromatic carbocycles. The molecule has 0 unspecified atom stereocenters. The normalized spacial score (nSPS) is 25.2. The number of fused-ring (bicyclic) bond motifs is 1. The minimum atomic E-state index is -0.757. The third-order valence-electron chi connectivity index (χ3n) is 3.48. The van der Waals surface area contributed by atoms with Gasteiger partial charge >= 0.3 is 5.65 Å². The standard InChI is InChI=1S/C11H15N5O4.HI/c1-15-4-16(7-2-5(18)6(3-17)20-7)9-8(15)10(19)14-11(12)13-9;/h4-7,17-18H,2-3H2,1H3,(H2-,12,13,14,19);1H/p+1/t5-,6+,7+;/m0./s1. The Labute approximate surface area is 136 Å². The van der Waals surface area contributed by atoms with Gasteiger partial charge in [-0.3, -0.25) is 14.3 Å². The van der Waals surface area contributed by atoms with Crippen LogP contribution in [0.1, 0.15) is 12.6 Å². The van der Waals surface area contributed by atoms with E-state index in [0.717, 1.165) is 0 Å². The smallest absolute Gasteiger partial charge is 0.313 e. The van der Waals surface area contributed by atoms with E-state index in [4.69, 9.17) is 15.6 Å². The highest BCUT2D eigenvalue weighted by atomic mass is 127. The van der Waals surface area contributed by atoms with Gasteiger partial charge in [-0.15, -0.1) is 24.0 Å². The molecule has 0 spiro atoms. The zero-order valence-corrected chi connectivity index (χ0v) is 13.6. The second-order valence-electron chi connectivity index (χ2n) is 4.87. The minimum absolute atomic E-state index is 0. The summed E-state index contributed by atoms with van der Waals surface area (Å²) in [6.07, 6.45) is 0.0705. The molecule has 116 valence electrons. The number of nitrogens with two attached hydrogens (primary N) is 1.